The van der Waals surface area contributed by atoms with E-state index in [0.717, 1.165) is 36.5 Å². The van der Waals surface area contributed by atoms with Gasteiger partial charge >= 0.3 is 0 Å². The molecule has 1 aromatic heterocycles. The van der Waals surface area contributed by atoms with Gasteiger partial charge in [-0.25, -0.2) is 9.97 Å². The van der Waals surface area contributed by atoms with Gasteiger partial charge in [-0.05, 0) is 55.3 Å². The van der Waals surface area contributed by atoms with Crippen molar-refractivity contribution in [1.82, 2.24) is 9.97 Å². The predicted molar refractivity (Wildman–Crippen MR) is 117 cm³/mol. The fourth-order valence-corrected chi connectivity index (χ4v) is 2.70. The van der Waals surface area contributed by atoms with Crippen molar-refractivity contribution in [2.75, 3.05) is 18.7 Å². The number of nitrogens with zero attached hydrogens (tertiary/aromatic N) is 4. The number of rotatable bonds is 8. The highest BCUT2D eigenvalue weighted by molar-refractivity contribution is 5.80. The number of benzene rings is 2. The van der Waals surface area contributed by atoms with Crippen LogP contribution in [-0.4, -0.2) is 34.9 Å². The number of phenolic OH excluding ortho intramolecular Hbond substituents is 1. The third-order valence-electron chi connectivity index (χ3n) is 4.34. The summed E-state index contributed by atoms with van der Waals surface area (Å²) in [6.45, 7) is 4.77. The van der Waals surface area contributed by atoms with Crippen LogP contribution in [0.2, 0.25) is 0 Å². The van der Waals surface area contributed by atoms with Crippen molar-refractivity contribution < 1.29 is 9.84 Å². The van der Waals surface area contributed by atoms with Crippen LogP contribution in [0.25, 0.3) is 11.4 Å². The predicted octanol–water partition coefficient (Wildman–Crippen LogP) is 4.81. The van der Waals surface area contributed by atoms with E-state index >= 15 is 0 Å². The Labute approximate surface area is 171 Å². The van der Waals surface area contributed by atoms with Gasteiger partial charge < -0.3 is 9.84 Å². The van der Waals surface area contributed by atoms with Gasteiger partial charge in [0.05, 0.1) is 18.4 Å². The summed E-state index contributed by atoms with van der Waals surface area (Å²) < 4.78 is 5.68. The molecule has 1 heterocycles. The standard InChI is InChI=1S/C23H26N4O2/c1-4-5-14-29-19-12-10-18(11-13-19)16-24-27(3)22-15-17(2)25-23(26-22)20-8-6-7-9-21(20)28/h6-13,15-16,28H,4-5,14H2,1-3H3/b24-16-. The smallest absolute Gasteiger partial charge is 0.165 e. The van der Waals surface area contributed by atoms with E-state index in [4.69, 9.17) is 4.74 Å². The summed E-state index contributed by atoms with van der Waals surface area (Å²) in [5, 5.41) is 16.3. The molecule has 0 saturated carbocycles. The van der Waals surface area contributed by atoms with Crippen LogP contribution >= 0.6 is 0 Å². The molecule has 0 bridgehead atoms. The second-order valence-electron chi connectivity index (χ2n) is 6.75. The molecule has 3 aromatic rings. The van der Waals surface area contributed by atoms with Gasteiger partial charge in [0.15, 0.2) is 11.6 Å². The molecule has 0 spiro atoms. The topological polar surface area (TPSA) is 70.8 Å². The number of hydrogen-bond donors (Lipinski definition) is 1. The summed E-state index contributed by atoms with van der Waals surface area (Å²) in [6, 6.07) is 16.7. The second kappa shape index (κ2) is 9.68. The van der Waals surface area contributed by atoms with E-state index in [-0.39, 0.29) is 5.75 Å². The third-order valence-corrected chi connectivity index (χ3v) is 4.34. The maximum atomic E-state index is 10.1. The zero-order valence-electron chi connectivity index (χ0n) is 17.0. The van der Waals surface area contributed by atoms with Gasteiger partial charge in [0, 0.05) is 18.8 Å². The fourth-order valence-electron chi connectivity index (χ4n) is 2.70. The van der Waals surface area contributed by atoms with Crippen molar-refractivity contribution in [2.24, 2.45) is 5.10 Å². The van der Waals surface area contributed by atoms with E-state index in [9.17, 15) is 5.11 Å². The quantitative estimate of drug-likeness (QED) is 0.340. The number of aromatic hydroxyl groups is 1. The van der Waals surface area contributed by atoms with E-state index in [0.29, 0.717) is 17.2 Å². The number of anilines is 1. The number of phenols is 1. The van der Waals surface area contributed by atoms with Crippen molar-refractivity contribution in [3.63, 3.8) is 0 Å². The zero-order valence-corrected chi connectivity index (χ0v) is 17.0. The molecule has 0 radical (unpaired) electrons. The molecule has 0 atom stereocenters. The van der Waals surface area contributed by atoms with Crippen LogP contribution in [0, 0.1) is 6.92 Å². The largest absolute Gasteiger partial charge is 0.507 e. The Morgan fingerprint density at radius 2 is 1.86 bits per heavy atom. The molecule has 150 valence electrons. The minimum Gasteiger partial charge on any atom is -0.507 e. The molecular formula is C23H26N4O2. The van der Waals surface area contributed by atoms with Crippen molar-refractivity contribution in [3.8, 4) is 22.9 Å². The van der Waals surface area contributed by atoms with Crippen molar-refractivity contribution >= 4 is 12.0 Å². The lowest BCUT2D eigenvalue weighted by molar-refractivity contribution is 0.309. The molecule has 3 rings (SSSR count). The normalized spacial score (nSPS) is 11.0. The Balaban J connectivity index is 1.73. The molecule has 0 fully saturated rings. The van der Waals surface area contributed by atoms with Gasteiger partial charge in [0.25, 0.3) is 0 Å². The summed E-state index contributed by atoms with van der Waals surface area (Å²) >= 11 is 0. The van der Waals surface area contributed by atoms with Crippen LogP contribution in [0.4, 0.5) is 5.82 Å². The Hall–Kier alpha value is -3.41. The Morgan fingerprint density at radius 3 is 2.59 bits per heavy atom. The highest BCUT2D eigenvalue weighted by atomic mass is 16.5. The van der Waals surface area contributed by atoms with Crippen molar-refractivity contribution in [2.45, 2.75) is 26.7 Å². The average molecular weight is 390 g/mol. The maximum absolute atomic E-state index is 10.1. The molecule has 0 amide bonds. The van der Waals surface area contributed by atoms with Crippen LogP contribution in [0.3, 0.4) is 0 Å². The number of aryl methyl sites for hydroxylation is 1. The summed E-state index contributed by atoms with van der Waals surface area (Å²) in [7, 11) is 1.83. The SMILES string of the molecule is CCCCOc1ccc(/C=N\N(C)c2cc(C)nc(-c3ccccc3O)n2)cc1. The van der Waals surface area contributed by atoms with Crippen LogP contribution in [0.15, 0.2) is 59.7 Å². The minimum absolute atomic E-state index is 0.149. The first-order valence-corrected chi connectivity index (χ1v) is 9.71. The number of hydrazone groups is 1. The molecule has 0 aliphatic rings. The highest BCUT2D eigenvalue weighted by Gasteiger charge is 2.11. The molecule has 0 unspecified atom stereocenters. The van der Waals surface area contributed by atoms with Crippen molar-refractivity contribution in [3.05, 3.63) is 65.9 Å². The minimum atomic E-state index is 0.149. The Bertz CT molecular complexity index is 971. The van der Waals surface area contributed by atoms with Gasteiger partial charge in [-0.15, -0.1) is 0 Å². The van der Waals surface area contributed by atoms with Crippen LogP contribution in [0.5, 0.6) is 11.5 Å². The number of unbranched alkanes of at least 4 members (excludes halogenated alkanes) is 1. The molecule has 6 heteroatoms. The molecule has 29 heavy (non-hydrogen) atoms. The average Bonchev–Trinajstić information content (AvgIpc) is 2.73. The molecule has 0 aliphatic heterocycles. The van der Waals surface area contributed by atoms with Crippen LogP contribution < -0.4 is 9.75 Å². The summed E-state index contributed by atoms with van der Waals surface area (Å²) in [5.74, 6) is 2.12. The van der Waals surface area contributed by atoms with E-state index < -0.39 is 0 Å². The van der Waals surface area contributed by atoms with Crippen molar-refractivity contribution in [1.29, 1.82) is 0 Å². The van der Waals surface area contributed by atoms with Crippen LogP contribution in [-0.2, 0) is 0 Å². The first-order chi connectivity index (χ1) is 14.1. The summed E-state index contributed by atoms with van der Waals surface area (Å²) in [4.78, 5) is 9.00. The van der Waals surface area contributed by atoms with Gasteiger partial charge in [0.2, 0.25) is 0 Å². The summed E-state index contributed by atoms with van der Waals surface area (Å²) in [5.41, 5.74) is 2.35. The second-order valence-corrected chi connectivity index (χ2v) is 6.75. The van der Waals surface area contributed by atoms with Gasteiger partial charge in [-0.3, -0.25) is 5.01 Å². The number of ether oxygens (including phenoxy) is 1. The molecule has 6 nitrogen and oxygen atoms in total. The number of hydrogen-bond acceptors (Lipinski definition) is 6. The number of aromatic nitrogens is 2. The Kier molecular flexibility index (Phi) is 6.79. The first kappa shape index (κ1) is 20.3. The molecular weight excluding hydrogens is 364 g/mol. The van der Waals surface area contributed by atoms with E-state index in [1.54, 1.807) is 29.4 Å². The maximum Gasteiger partial charge on any atom is 0.165 e. The lowest BCUT2D eigenvalue weighted by atomic mass is 10.2. The Morgan fingerprint density at radius 1 is 1.10 bits per heavy atom. The van der Waals surface area contributed by atoms with Gasteiger partial charge in [-0.1, -0.05) is 25.5 Å². The van der Waals surface area contributed by atoms with Gasteiger partial charge in [-0.2, -0.15) is 5.10 Å². The lowest BCUT2D eigenvalue weighted by Crippen LogP contribution is -2.12. The monoisotopic (exact) mass is 390 g/mol. The molecule has 0 aliphatic carbocycles. The van der Waals surface area contributed by atoms with Crippen LogP contribution in [0.1, 0.15) is 31.0 Å². The fraction of sp³-hybridized carbons (Fsp3) is 0.261. The lowest BCUT2D eigenvalue weighted by Gasteiger charge is -2.14. The highest BCUT2D eigenvalue weighted by Crippen LogP contribution is 2.27. The first-order valence-electron chi connectivity index (χ1n) is 9.71. The third kappa shape index (κ3) is 5.54. The zero-order chi connectivity index (χ0) is 20.6. The number of para-hydroxylation sites is 1. The molecule has 1 N–H and O–H groups in total. The molecule has 2 aromatic carbocycles. The van der Waals surface area contributed by atoms with E-state index in [1.807, 2.05) is 50.4 Å². The summed E-state index contributed by atoms with van der Waals surface area (Å²) in [6.07, 6.45) is 3.94. The van der Waals surface area contributed by atoms with E-state index in [2.05, 4.69) is 22.0 Å². The van der Waals surface area contributed by atoms with Gasteiger partial charge in [0.1, 0.15) is 11.5 Å². The molecule has 0 saturated heterocycles. The van der Waals surface area contributed by atoms with E-state index in [1.165, 1.54) is 0 Å².